The Kier molecular flexibility index (Phi) is 4.16. The fraction of sp³-hybridized carbons (Fsp3) is 0.167. The van der Waals surface area contributed by atoms with E-state index in [-0.39, 0.29) is 47.2 Å². The normalized spacial score (nSPS) is 17.1. The number of benzene rings is 2. The summed E-state index contributed by atoms with van der Waals surface area (Å²) in [6.45, 7) is 0.233. The fourth-order valence-corrected chi connectivity index (χ4v) is 3.05. The predicted molar refractivity (Wildman–Crippen MR) is 90.8 cm³/mol. The molecule has 0 spiro atoms. The standard InChI is InChI=1S/C18H12ClF2N3O2/c19-12-6-5-10(7-14(12)21)17-22-18(26-23-17)11-8-16(25)24(9-11)15-4-2-1-3-13(15)20/h1-7,11H,8-9H2. The van der Waals surface area contributed by atoms with Crippen LogP contribution in [0.25, 0.3) is 11.4 Å². The van der Waals surface area contributed by atoms with Gasteiger partial charge in [-0.05, 0) is 30.3 Å². The first kappa shape index (κ1) is 16.7. The average molecular weight is 376 g/mol. The fourth-order valence-electron chi connectivity index (χ4n) is 2.93. The van der Waals surface area contributed by atoms with E-state index in [1.165, 1.54) is 23.1 Å². The van der Waals surface area contributed by atoms with Gasteiger partial charge in [0.05, 0.1) is 16.6 Å². The Bertz CT molecular complexity index is 992. The summed E-state index contributed by atoms with van der Waals surface area (Å²) in [7, 11) is 0. The molecule has 1 amide bonds. The Hall–Kier alpha value is -2.80. The molecule has 1 fully saturated rings. The average Bonchev–Trinajstić information content (AvgIpc) is 3.25. The molecule has 1 atom stereocenters. The van der Waals surface area contributed by atoms with Gasteiger partial charge in [-0.15, -0.1) is 0 Å². The van der Waals surface area contributed by atoms with Crippen molar-refractivity contribution in [3.05, 3.63) is 65.0 Å². The maximum Gasteiger partial charge on any atom is 0.232 e. The quantitative estimate of drug-likeness (QED) is 0.688. The maximum atomic E-state index is 13.9. The van der Waals surface area contributed by atoms with Crippen molar-refractivity contribution in [1.82, 2.24) is 10.1 Å². The third-order valence-corrected chi connectivity index (χ3v) is 4.54. The maximum absolute atomic E-state index is 13.9. The van der Waals surface area contributed by atoms with Crippen LogP contribution in [0, 0.1) is 11.6 Å². The summed E-state index contributed by atoms with van der Waals surface area (Å²) in [5.41, 5.74) is 0.636. The van der Waals surface area contributed by atoms with Crippen LogP contribution in [0.5, 0.6) is 0 Å². The zero-order valence-corrected chi connectivity index (χ0v) is 14.1. The lowest BCUT2D eigenvalue weighted by atomic mass is 10.1. The van der Waals surface area contributed by atoms with Crippen molar-refractivity contribution in [2.75, 3.05) is 11.4 Å². The number of anilines is 1. The van der Waals surface area contributed by atoms with E-state index in [2.05, 4.69) is 10.1 Å². The minimum atomic E-state index is -0.586. The molecule has 8 heteroatoms. The number of para-hydroxylation sites is 1. The summed E-state index contributed by atoms with van der Waals surface area (Å²) in [6.07, 6.45) is 0.130. The van der Waals surface area contributed by atoms with Gasteiger partial charge in [-0.25, -0.2) is 8.78 Å². The van der Waals surface area contributed by atoms with E-state index in [9.17, 15) is 13.6 Å². The van der Waals surface area contributed by atoms with Gasteiger partial charge in [-0.3, -0.25) is 4.79 Å². The largest absolute Gasteiger partial charge is 0.339 e. The number of aromatic nitrogens is 2. The molecular formula is C18H12ClF2N3O2. The van der Waals surface area contributed by atoms with Crippen LogP contribution in [0.1, 0.15) is 18.2 Å². The molecule has 0 saturated carbocycles. The van der Waals surface area contributed by atoms with Crippen LogP contribution in [0.4, 0.5) is 14.5 Å². The topological polar surface area (TPSA) is 59.2 Å². The summed E-state index contributed by atoms with van der Waals surface area (Å²) < 4.78 is 32.8. The van der Waals surface area contributed by atoms with Crippen LogP contribution in [-0.4, -0.2) is 22.6 Å². The van der Waals surface area contributed by atoms with E-state index in [1.807, 2.05) is 0 Å². The Labute approximate surface area is 152 Å². The third kappa shape index (κ3) is 2.94. The smallest absolute Gasteiger partial charge is 0.232 e. The number of rotatable bonds is 3. The summed E-state index contributed by atoms with van der Waals surface area (Å²) in [5, 5.41) is 3.84. The van der Waals surface area contributed by atoms with Gasteiger partial charge in [0.25, 0.3) is 0 Å². The van der Waals surface area contributed by atoms with Crippen LogP contribution in [0.15, 0.2) is 47.0 Å². The molecule has 26 heavy (non-hydrogen) atoms. The molecule has 3 aromatic rings. The predicted octanol–water partition coefficient (Wildman–Crippen LogP) is 4.19. The second-order valence-electron chi connectivity index (χ2n) is 5.94. The van der Waals surface area contributed by atoms with Gasteiger partial charge in [-0.2, -0.15) is 4.98 Å². The van der Waals surface area contributed by atoms with Crippen molar-refractivity contribution in [3.8, 4) is 11.4 Å². The van der Waals surface area contributed by atoms with Crippen molar-refractivity contribution in [2.45, 2.75) is 12.3 Å². The molecule has 2 aromatic carbocycles. The third-order valence-electron chi connectivity index (χ3n) is 4.24. The summed E-state index contributed by atoms with van der Waals surface area (Å²) >= 11 is 5.67. The van der Waals surface area contributed by atoms with Gasteiger partial charge in [0.2, 0.25) is 17.6 Å². The Morgan fingerprint density at radius 2 is 1.96 bits per heavy atom. The molecule has 2 heterocycles. The second-order valence-corrected chi connectivity index (χ2v) is 6.35. The molecule has 0 N–H and O–H groups in total. The van der Waals surface area contributed by atoms with Crippen LogP contribution < -0.4 is 4.90 Å². The van der Waals surface area contributed by atoms with Gasteiger partial charge in [-0.1, -0.05) is 28.9 Å². The highest BCUT2D eigenvalue weighted by Gasteiger charge is 2.36. The van der Waals surface area contributed by atoms with Crippen molar-refractivity contribution >= 4 is 23.2 Å². The van der Waals surface area contributed by atoms with Crippen LogP contribution in [0.3, 0.4) is 0 Å². The second kappa shape index (κ2) is 6.49. The molecule has 0 radical (unpaired) electrons. The SMILES string of the molecule is O=C1CC(c2nc(-c3ccc(Cl)c(F)c3)no2)CN1c1ccccc1F. The Morgan fingerprint density at radius 3 is 2.73 bits per heavy atom. The van der Waals surface area contributed by atoms with E-state index in [1.54, 1.807) is 24.3 Å². The molecule has 4 rings (SSSR count). The first-order valence-corrected chi connectivity index (χ1v) is 8.24. The molecule has 1 saturated heterocycles. The number of amides is 1. The lowest BCUT2D eigenvalue weighted by Crippen LogP contribution is -2.25. The van der Waals surface area contributed by atoms with E-state index in [0.29, 0.717) is 5.56 Å². The molecular weight excluding hydrogens is 364 g/mol. The minimum absolute atomic E-state index is 0.000567. The first-order chi connectivity index (χ1) is 12.5. The molecule has 1 aromatic heterocycles. The minimum Gasteiger partial charge on any atom is -0.339 e. The number of carbonyl (C=O) groups is 1. The Morgan fingerprint density at radius 1 is 1.15 bits per heavy atom. The molecule has 1 aliphatic rings. The van der Waals surface area contributed by atoms with E-state index in [4.69, 9.17) is 16.1 Å². The monoisotopic (exact) mass is 375 g/mol. The number of hydrogen-bond acceptors (Lipinski definition) is 4. The van der Waals surface area contributed by atoms with Crippen molar-refractivity contribution in [3.63, 3.8) is 0 Å². The van der Waals surface area contributed by atoms with Gasteiger partial charge < -0.3 is 9.42 Å². The number of carbonyl (C=O) groups excluding carboxylic acids is 1. The van der Waals surface area contributed by atoms with Crippen LogP contribution in [-0.2, 0) is 4.79 Å². The Balaban J connectivity index is 1.58. The molecule has 1 unspecified atom stereocenters. The highest BCUT2D eigenvalue weighted by Crippen LogP contribution is 2.33. The summed E-state index contributed by atoms with van der Waals surface area (Å²) in [5.74, 6) is -1.19. The lowest BCUT2D eigenvalue weighted by Gasteiger charge is -2.16. The van der Waals surface area contributed by atoms with E-state index in [0.717, 1.165) is 0 Å². The molecule has 0 aliphatic carbocycles. The van der Waals surface area contributed by atoms with Gasteiger partial charge in [0, 0.05) is 18.5 Å². The van der Waals surface area contributed by atoms with Gasteiger partial charge in [0.15, 0.2) is 0 Å². The highest BCUT2D eigenvalue weighted by molar-refractivity contribution is 6.30. The molecule has 0 bridgehead atoms. The van der Waals surface area contributed by atoms with Gasteiger partial charge in [0.1, 0.15) is 11.6 Å². The van der Waals surface area contributed by atoms with E-state index >= 15 is 0 Å². The summed E-state index contributed by atoms with van der Waals surface area (Å²) in [4.78, 5) is 17.9. The summed E-state index contributed by atoms with van der Waals surface area (Å²) in [6, 6.07) is 10.3. The number of hydrogen-bond donors (Lipinski definition) is 0. The van der Waals surface area contributed by atoms with Crippen LogP contribution >= 0.6 is 11.6 Å². The van der Waals surface area contributed by atoms with Crippen molar-refractivity contribution in [1.29, 1.82) is 0 Å². The molecule has 1 aliphatic heterocycles. The zero-order valence-electron chi connectivity index (χ0n) is 13.3. The van der Waals surface area contributed by atoms with Gasteiger partial charge >= 0.3 is 0 Å². The first-order valence-electron chi connectivity index (χ1n) is 7.87. The zero-order chi connectivity index (χ0) is 18.3. The van der Waals surface area contributed by atoms with Crippen LogP contribution in [0.2, 0.25) is 5.02 Å². The van der Waals surface area contributed by atoms with E-state index < -0.39 is 11.6 Å². The molecule has 132 valence electrons. The lowest BCUT2D eigenvalue weighted by molar-refractivity contribution is -0.117. The number of halogens is 3. The molecule has 5 nitrogen and oxygen atoms in total. The number of nitrogens with zero attached hydrogens (tertiary/aromatic N) is 3. The van der Waals surface area contributed by atoms with Crippen molar-refractivity contribution < 1.29 is 18.1 Å². The highest BCUT2D eigenvalue weighted by atomic mass is 35.5. The van der Waals surface area contributed by atoms with Crippen molar-refractivity contribution in [2.24, 2.45) is 0 Å².